The van der Waals surface area contributed by atoms with E-state index >= 15 is 0 Å². The van der Waals surface area contributed by atoms with Crippen molar-refractivity contribution >= 4 is 27.6 Å². The van der Waals surface area contributed by atoms with E-state index in [2.05, 4.69) is 27.3 Å². The van der Waals surface area contributed by atoms with E-state index in [0.717, 1.165) is 35.4 Å². The van der Waals surface area contributed by atoms with E-state index in [-0.39, 0.29) is 6.04 Å². The molecular weight excluding hydrogens is 426 g/mol. The number of thiophene rings is 1. The smallest absolute Gasteiger partial charge is 0.413 e. The van der Waals surface area contributed by atoms with Gasteiger partial charge < -0.3 is 19.5 Å². The fourth-order valence-electron chi connectivity index (χ4n) is 5.02. The Labute approximate surface area is 191 Å². The highest BCUT2D eigenvalue weighted by Crippen LogP contribution is 2.43. The molecule has 2 fully saturated rings. The second kappa shape index (κ2) is 8.96. The molecule has 3 aromatic rings. The van der Waals surface area contributed by atoms with Gasteiger partial charge in [0, 0.05) is 30.9 Å². The van der Waals surface area contributed by atoms with Crippen LogP contribution in [0.1, 0.15) is 31.2 Å². The van der Waals surface area contributed by atoms with Gasteiger partial charge in [0.15, 0.2) is 5.75 Å². The molecule has 5 rings (SSSR count). The summed E-state index contributed by atoms with van der Waals surface area (Å²) in [6.07, 6.45) is 5.51. The lowest BCUT2D eigenvalue weighted by Crippen LogP contribution is -2.50. The number of amides is 1. The fraction of sp³-hybridized carbons (Fsp3) is 0.417. The van der Waals surface area contributed by atoms with Crippen molar-refractivity contribution in [2.75, 3.05) is 14.2 Å². The largest absolute Gasteiger partial charge is 0.497 e. The Balaban J connectivity index is 1.20. The van der Waals surface area contributed by atoms with Crippen LogP contribution in [0.2, 0.25) is 0 Å². The molecule has 0 spiro atoms. The summed E-state index contributed by atoms with van der Waals surface area (Å²) in [7, 11) is 3.27. The molecule has 4 heterocycles. The molecule has 2 atom stereocenters. The number of hydrogen-bond donors (Lipinski definition) is 1. The molecular formula is C24H27N3O4S. The minimum Gasteiger partial charge on any atom is -0.497 e. The zero-order chi connectivity index (χ0) is 22.1. The van der Waals surface area contributed by atoms with Gasteiger partial charge in [0.1, 0.15) is 10.6 Å². The van der Waals surface area contributed by atoms with Crippen LogP contribution in [0.3, 0.4) is 0 Å². The number of piperidine rings is 1. The van der Waals surface area contributed by atoms with E-state index in [1.165, 1.54) is 29.7 Å². The second-order valence-electron chi connectivity index (χ2n) is 8.39. The predicted molar refractivity (Wildman–Crippen MR) is 124 cm³/mol. The van der Waals surface area contributed by atoms with Gasteiger partial charge >= 0.3 is 6.09 Å². The summed E-state index contributed by atoms with van der Waals surface area (Å²) in [4.78, 5) is 20.4. The summed E-state index contributed by atoms with van der Waals surface area (Å²) in [5.74, 6) is 1.44. The van der Waals surface area contributed by atoms with Gasteiger partial charge in [-0.1, -0.05) is 23.5 Å². The van der Waals surface area contributed by atoms with Crippen LogP contribution in [0, 0.1) is 0 Å². The third-order valence-corrected chi connectivity index (χ3v) is 7.48. The number of rotatable bonds is 6. The quantitative estimate of drug-likeness (QED) is 0.588. The van der Waals surface area contributed by atoms with Crippen molar-refractivity contribution in [3.63, 3.8) is 0 Å². The van der Waals surface area contributed by atoms with Gasteiger partial charge in [-0.25, -0.2) is 9.78 Å². The van der Waals surface area contributed by atoms with Gasteiger partial charge in [-0.2, -0.15) is 0 Å². The lowest BCUT2D eigenvalue weighted by Gasteiger charge is -2.39. The molecule has 7 nitrogen and oxygen atoms in total. The van der Waals surface area contributed by atoms with E-state index in [0.29, 0.717) is 22.9 Å². The molecule has 0 aliphatic carbocycles. The third-order valence-electron chi connectivity index (χ3n) is 6.51. The average molecular weight is 454 g/mol. The Hall–Kier alpha value is -2.84. The van der Waals surface area contributed by atoms with Crippen molar-refractivity contribution in [3.8, 4) is 16.6 Å². The van der Waals surface area contributed by atoms with Crippen LogP contribution < -0.4 is 19.5 Å². The van der Waals surface area contributed by atoms with Crippen LogP contribution in [0.4, 0.5) is 4.79 Å². The van der Waals surface area contributed by atoms with Crippen LogP contribution in [0.15, 0.2) is 42.6 Å². The number of aromatic nitrogens is 1. The minimum atomic E-state index is -0.428. The number of fused-ring (bicyclic) bond motifs is 3. The molecule has 8 heteroatoms. The summed E-state index contributed by atoms with van der Waals surface area (Å²) in [5.41, 5.74) is 1.29. The van der Waals surface area contributed by atoms with E-state index in [4.69, 9.17) is 14.2 Å². The van der Waals surface area contributed by atoms with Gasteiger partial charge in [-0.05, 0) is 55.5 Å². The molecule has 2 aromatic heterocycles. The van der Waals surface area contributed by atoms with Gasteiger partial charge in [0.2, 0.25) is 5.06 Å². The van der Waals surface area contributed by atoms with Gasteiger partial charge in [0.25, 0.3) is 0 Å². The average Bonchev–Trinajstić information content (AvgIpc) is 3.26. The lowest BCUT2D eigenvalue weighted by atomic mass is 9.96. The molecule has 1 aromatic carbocycles. The summed E-state index contributed by atoms with van der Waals surface area (Å²) in [6.45, 7) is 0.933. The van der Waals surface area contributed by atoms with Crippen molar-refractivity contribution in [1.29, 1.82) is 0 Å². The Kier molecular flexibility index (Phi) is 5.89. The highest BCUT2D eigenvalue weighted by Gasteiger charge is 2.41. The normalized spacial score (nSPS) is 22.6. The molecule has 1 N–H and O–H groups in total. The summed E-state index contributed by atoms with van der Waals surface area (Å²) >= 11 is 1.32. The number of carbonyl (C=O) groups is 1. The standard InChI is InChI=1S/C24H27N3O4S/c1-29-19-9-5-15(6-10-19)14-27-17-7-8-18(27)13-16(12-17)26-24(28)31-23-21(30-2)20-4-3-11-25-22(20)32-23/h3-6,9-11,16-18H,7-8,12-14H2,1-2H3,(H,26,28). The maximum absolute atomic E-state index is 12.7. The monoisotopic (exact) mass is 453 g/mol. The first-order chi connectivity index (χ1) is 15.6. The van der Waals surface area contributed by atoms with Crippen molar-refractivity contribution < 1.29 is 19.0 Å². The topological polar surface area (TPSA) is 72.9 Å². The summed E-state index contributed by atoms with van der Waals surface area (Å²) in [6, 6.07) is 13.1. The van der Waals surface area contributed by atoms with E-state index < -0.39 is 6.09 Å². The minimum absolute atomic E-state index is 0.116. The highest BCUT2D eigenvalue weighted by molar-refractivity contribution is 7.20. The zero-order valence-electron chi connectivity index (χ0n) is 18.2. The van der Waals surface area contributed by atoms with Crippen LogP contribution in [-0.4, -0.2) is 48.3 Å². The fourth-order valence-corrected chi connectivity index (χ4v) is 5.99. The molecule has 0 radical (unpaired) electrons. The summed E-state index contributed by atoms with van der Waals surface area (Å²) in [5, 5.41) is 4.39. The van der Waals surface area contributed by atoms with Crippen molar-refractivity contribution in [1.82, 2.24) is 15.2 Å². The molecule has 1 amide bonds. The van der Waals surface area contributed by atoms with Gasteiger partial charge in [-0.3, -0.25) is 4.90 Å². The van der Waals surface area contributed by atoms with E-state index in [1.54, 1.807) is 20.4 Å². The first-order valence-corrected chi connectivity index (χ1v) is 11.7. The first kappa shape index (κ1) is 21.0. The van der Waals surface area contributed by atoms with Gasteiger partial charge in [-0.15, -0.1) is 0 Å². The number of nitrogens with zero attached hydrogens (tertiary/aromatic N) is 2. The van der Waals surface area contributed by atoms with Crippen LogP contribution in [-0.2, 0) is 6.54 Å². The van der Waals surface area contributed by atoms with E-state index in [1.807, 2.05) is 24.3 Å². The summed E-state index contributed by atoms with van der Waals surface area (Å²) < 4.78 is 16.4. The maximum atomic E-state index is 12.7. The number of pyridine rings is 1. The number of nitrogens with one attached hydrogen (secondary N) is 1. The zero-order valence-corrected chi connectivity index (χ0v) is 19.1. The van der Waals surface area contributed by atoms with Crippen molar-refractivity contribution in [3.05, 3.63) is 48.2 Å². The predicted octanol–water partition coefficient (Wildman–Crippen LogP) is 4.60. The van der Waals surface area contributed by atoms with Crippen LogP contribution in [0.5, 0.6) is 16.6 Å². The van der Waals surface area contributed by atoms with Crippen LogP contribution in [0.25, 0.3) is 10.2 Å². The molecule has 2 aliphatic heterocycles. The number of methoxy groups -OCH3 is 2. The molecule has 32 heavy (non-hydrogen) atoms. The SMILES string of the molecule is COc1ccc(CN2C3CCC2CC(NC(=O)Oc2sc4ncccc4c2OC)C3)cc1. The molecule has 168 valence electrons. The number of hydrogen-bond acceptors (Lipinski definition) is 7. The molecule has 2 bridgehead atoms. The maximum Gasteiger partial charge on any atom is 0.413 e. The second-order valence-corrected chi connectivity index (χ2v) is 9.35. The molecule has 0 saturated carbocycles. The number of carbonyl (C=O) groups excluding carboxylic acids is 1. The van der Waals surface area contributed by atoms with Crippen LogP contribution >= 0.6 is 11.3 Å². The van der Waals surface area contributed by atoms with E-state index in [9.17, 15) is 4.79 Å². The number of benzene rings is 1. The lowest BCUT2D eigenvalue weighted by molar-refractivity contribution is 0.107. The Morgan fingerprint density at radius 3 is 2.56 bits per heavy atom. The number of ether oxygens (including phenoxy) is 3. The molecule has 2 unspecified atom stereocenters. The van der Waals surface area contributed by atoms with Crippen molar-refractivity contribution in [2.45, 2.75) is 50.4 Å². The Morgan fingerprint density at radius 1 is 1.12 bits per heavy atom. The van der Waals surface area contributed by atoms with Gasteiger partial charge in [0.05, 0.1) is 19.6 Å². The Bertz CT molecular complexity index is 1090. The molecule has 2 aliphatic rings. The Morgan fingerprint density at radius 2 is 1.88 bits per heavy atom. The first-order valence-electron chi connectivity index (χ1n) is 10.9. The highest BCUT2D eigenvalue weighted by atomic mass is 32.1. The third kappa shape index (κ3) is 4.12. The molecule has 2 saturated heterocycles. The van der Waals surface area contributed by atoms with Crippen molar-refractivity contribution in [2.24, 2.45) is 0 Å².